The van der Waals surface area contributed by atoms with Gasteiger partial charge in [-0.1, -0.05) is 0 Å². The predicted octanol–water partition coefficient (Wildman–Crippen LogP) is 0.0428. The van der Waals surface area contributed by atoms with Crippen molar-refractivity contribution in [2.75, 3.05) is 6.54 Å². The number of nitrogens with one attached hydrogen (secondary N) is 2. The van der Waals surface area contributed by atoms with Crippen molar-refractivity contribution in [3.63, 3.8) is 0 Å². The molecule has 1 saturated heterocycles. The molecule has 1 aromatic rings. The maximum atomic E-state index is 11.5. The second-order valence-electron chi connectivity index (χ2n) is 3.35. The van der Waals surface area contributed by atoms with Gasteiger partial charge in [0.2, 0.25) is 5.91 Å². The molecule has 1 fully saturated rings. The van der Waals surface area contributed by atoms with E-state index in [1.165, 1.54) is 12.7 Å². The first-order valence-electron chi connectivity index (χ1n) is 4.74. The number of aromatic nitrogens is 1. The van der Waals surface area contributed by atoms with E-state index in [-0.39, 0.29) is 11.9 Å². The Morgan fingerprint density at radius 3 is 3.36 bits per heavy atom. The zero-order valence-electron chi connectivity index (χ0n) is 7.82. The molecular formula is C9H13N3O2. The molecule has 0 saturated carbocycles. The van der Waals surface area contributed by atoms with Gasteiger partial charge in [0.25, 0.3) is 0 Å². The van der Waals surface area contributed by atoms with E-state index >= 15 is 0 Å². The lowest BCUT2D eigenvalue weighted by atomic mass is 10.2. The summed E-state index contributed by atoms with van der Waals surface area (Å²) in [6.45, 7) is 1.37. The van der Waals surface area contributed by atoms with E-state index in [1.54, 1.807) is 0 Å². The lowest BCUT2D eigenvalue weighted by Crippen LogP contribution is -2.40. The molecule has 5 heteroatoms. The highest BCUT2D eigenvalue weighted by atomic mass is 16.3. The van der Waals surface area contributed by atoms with E-state index in [0.717, 1.165) is 25.1 Å². The summed E-state index contributed by atoms with van der Waals surface area (Å²) >= 11 is 0. The summed E-state index contributed by atoms with van der Waals surface area (Å²) in [6, 6.07) is -0.0260. The second kappa shape index (κ2) is 4.23. The Morgan fingerprint density at radius 1 is 1.79 bits per heavy atom. The van der Waals surface area contributed by atoms with E-state index in [0.29, 0.717) is 6.54 Å². The summed E-state index contributed by atoms with van der Waals surface area (Å²) < 4.78 is 4.79. The Labute approximate surface area is 81.9 Å². The summed E-state index contributed by atoms with van der Waals surface area (Å²) in [4.78, 5) is 15.4. The van der Waals surface area contributed by atoms with Gasteiger partial charge in [-0.2, -0.15) is 0 Å². The van der Waals surface area contributed by atoms with Gasteiger partial charge in [-0.05, 0) is 19.4 Å². The molecule has 0 unspecified atom stereocenters. The van der Waals surface area contributed by atoms with Crippen molar-refractivity contribution in [3.8, 4) is 0 Å². The van der Waals surface area contributed by atoms with Crippen LogP contribution < -0.4 is 10.6 Å². The molecule has 1 aliphatic heterocycles. The van der Waals surface area contributed by atoms with Crippen LogP contribution in [-0.4, -0.2) is 23.5 Å². The van der Waals surface area contributed by atoms with Gasteiger partial charge in [0.05, 0.1) is 18.3 Å². The standard InChI is InChI=1S/C9H13N3O2/c13-9(8-2-1-3-10-8)11-4-7-5-14-6-12-7/h5-6,8,10H,1-4H2,(H,11,13)/t8-/m0/s1. The fourth-order valence-electron chi connectivity index (χ4n) is 1.53. The van der Waals surface area contributed by atoms with Crippen molar-refractivity contribution in [2.45, 2.75) is 25.4 Å². The summed E-state index contributed by atoms with van der Waals surface area (Å²) in [7, 11) is 0. The molecule has 5 nitrogen and oxygen atoms in total. The highest BCUT2D eigenvalue weighted by Crippen LogP contribution is 2.04. The Morgan fingerprint density at radius 2 is 2.71 bits per heavy atom. The van der Waals surface area contributed by atoms with Crippen LogP contribution in [-0.2, 0) is 11.3 Å². The predicted molar refractivity (Wildman–Crippen MR) is 49.4 cm³/mol. The molecule has 0 radical (unpaired) electrons. The molecule has 0 bridgehead atoms. The molecule has 1 amide bonds. The van der Waals surface area contributed by atoms with Crippen LogP contribution in [0.3, 0.4) is 0 Å². The van der Waals surface area contributed by atoms with Crippen molar-refractivity contribution >= 4 is 5.91 Å². The van der Waals surface area contributed by atoms with Crippen LogP contribution in [0.15, 0.2) is 17.1 Å². The average Bonchev–Trinajstić information content (AvgIpc) is 2.87. The minimum Gasteiger partial charge on any atom is -0.451 e. The zero-order valence-corrected chi connectivity index (χ0v) is 7.82. The third-order valence-electron chi connectivity index (χ3n) is 2.30. The molecule has 0 aromatic carbocycles. The van der Waals surface area contributed by atoms with Crippen LogP contribution in [0.2, 0.25) is 0 Å². The number of rotatable bonds is 3. The minimum atomic E-state index is -0.0260. The smallest absolute Gasteiger partial charge is 0.237 e. The van der Waals surface area contributed by atoms with Crippen molar-refractivity contribution in [1.82, 2.24) is 15.6 Å². The second-order valence-corrected chi connectivity index (χ2v) is 3.35. The SMILES string of the molecule is O=C(NCc1cocn1)[C@@H]1CCCN1. The van der Waals surface area contributed by atoms with E-state index in [9.17, 15) is 4.79 Å². The van der Waals surface area contributed by atoms with Crippen LogP contribution in [0, 0.1) is 0 Å². The largest absolute Gasteiger partial charge is 0.451 e. The van der Waals surface area contributed by atoms with Crippen LogP contribution in [0.4, 0.5) is 0 Å². The van der Waals surface area contributed by atoms with Gasteiger partial charge in [0, 0.05) is 0 Å². The summed E-state index contributed by atoms with van der Waals surface area (Å²) in [5, 5.41) is 5.93. The van der Waals surface area contributed by atoms with E-state index in [1.807, 2.05) is 0 Å². The number of hydrogen-bond acceptors (Lipinski definition) is 4. The molecule has 2 heterocycles. The van der Waals surface area contributed by atoms with Crippen LogP contribution in [0.1, 0.15) is 18.5 Å². The minimum absolute atomic E-state index is 0.0260. The molecule has 1 aliphatic rings. The number of amides is 1. The van der Waals surface area contributed by atoms with E-state index < -0.39 is 0 Å². The molecule has 2 N–H and O–H groups in total. The molecule has 76 valence electrons. The summed E-state index contributed by atoms with van der Waals surface area (Å²) in [5.41, 5.74) is 0.747. The normalized spacial score (nSPS) is 21.0. The molecule has 2 rings (SSSR count). The first-order chi connectivity index (χ1) is 6.86. The Bertz CT molecular complexity index is 291. The fourth-order valence-corrected chi connectivity index (χ4v) is 1.53. The van der Waals surface area contributed by atoms with E-state index in [2.05, 4.69) is 15.6 Å². The Kier molecular flexibility index (Phi) is 2.78. The van der Waals surface area contributed by atoms with E-state index in [4.69, 9.17) is 4.42 Å². The van der Waals surface area contributed by atoms with Gasteiger partial charge in [-0.25, -0.2) is 4.98 Å². The van der Waals surface area contributed by atoms with Crippen molar-refractivity contribution in [2.24, 2.45) is 0 Å². The fraction of sp³-hybridized carbons (Fsp3) is 0.556. The summed E-state index contributed by atoms with van der Waals surface area (Å²) in [6.07, 6.45) is 4.88. The number of carbonyl (C=O) groups excluding carboxylic acids is 1. The van der Waals surface area contributed by atoms with Crippen molar-refractivity contribution < 1.29 is 9.21 Å². The summed E-state index contributed by atoms with van der Waals surface area (Å²) in [5.74, 6) is 0.0468. The highest BCUT2D eigenvalue weighted by Gasteiger charge is 2.21. The molecule has 0 spiro atoms. The lowest BCUT2D eigenvalue weighted by Gasteiger charge is -2.09. The number of hydrogen-bond donors (Lipinski definition) is 2. The average molecular weight is 195 g/mol. The Hall–Kier alpha value is -1.36. The van der Waals surface area contributed by atoms with Gasteiger partial charge in [0.15, 0.2) is 6.39 Å². The first-order valence-corrected chi connectivity index (χ1v) is 4.74. The molecule has 1 aromatic heterocycles. The highest BCUT2D eigenvalue weighted by molar-refractivity contribution is 5.81. The van der Waals surface area contributed by atoms with Gasteiger partial charge < -0.3 is 15.1 Å². The van der Waals surface area contributed by atoms with Crippen molar-refractivity contribution in [3.05, 3.63) is 18.4 Å². The molecule has 14 heavy (non-hydrogen) atoms. The number of oxazole rings is 1. The lowest BCUT2D eigenvalue weighted by molar-refractivity contribution is -0.122. The van der Waals surface area contributed by atoms with Crippen molar-refractivity contribution in [1.29, 1.82) is 0 Å². The molecular weight excluding hydrogens is 182 g/mol. The van der Waals surface area contributed by atoms with Crippen LogP contribution in [0.25, 0.3) is 0 Å². The monoisotopic (exact) mass is 195 g/mol. The molecule has 1 atom stereocenters. The topological polar surface area (TPSA) is 67.2 Å². The Balaban J connectivity index is 1.77. The first kappa shape index (κ1) is 9.21. The van der Waals surface area contributed by atoms with Gasteiger partial charge in [0.1, 0.15) is 6.26 Å². The third-order valence-corrected chi connectivity index (χ3v) is 2.30. The third kappa shape index (κ3) is 2.11. The zero-order chi connectivity index (χ0) is 9.80. The maximum absolute atomic E-state index is 11.5. The van der Waals surface area contributed by atoms with Gasteiger partial charge in [-0.3, -0.25) is 4.79 Å². The quantitative estimate of drug-likeness (QED) is 0.714. The van der Waals surface area contributed by atoms with Gasteiger partial charge in [-0.15, -0.1) is 0 Å². The molecule has 0 aliphatic carbocycles. The van der Waals surface area contributed by atoms with Gasteiger partial charge >= 0.3 is 0 Å². The number of carbonyl (C=O) groups is 1. The number of nitrogens with zero attached hydrogens (tertiary/aromatic N) is 1. The van der Waals surface area contributed by atoms with Crippen LogP contribution >= 0.6 is 0 Å². The van der Waals surface area contributed by atoms with Crippen LogP contribution in [0.5, 0.6) is 0 Å². The maximum Gasteiger partial charge on any atom is 0.237 e.